The van der Waals surface area contributed by atoms with Crippen LogP contribution in [0.2, 0.25) is 0 Å². The van der Waals surface area contributed by atoms with Crippen LogP contribution in [-0.2, 0) is 21.2 Å². The van der Waals surface area contributed by atoms with E-state index < -0.39 is 28.0 Å². The number of carbonyl (C=O) groups is 1. The molecule has 0 amide bonds. The van der Waals surface area contributed by atoms with Gasteiger partial charge in [-0.15, -0.1) is 0 Å². The van der Waals surface area contributed by atoms with Crippen LogP contribution in [0.3, 0.4) is 0 Å². The van der Waals surface area contributed by atoms with Gasteiger partial charge in [-0.2, -0.15) is 0 Å². The second-order valence-corrected chi connectivity index (χ2v) is 6.72. The Kier molecular flexibility index (Phi) is 4.57. The smallest absolute Gasteiger partial charge is 0.310 e. The molecule has 5 nitrogen and oxygen atoms in total. The monoisotopic (exact) mass is 295 g/mol. The van der Waals surface area contributed by atoms with Crippen LogP contribution >= 0.6 is 0 Å². The van der Waals surface area contributed by atoms with Crippen LogP contribution in [0.1, 0.15) is 12.0 Å². The van der Waals surface area contributed by atoms with Crippen molar-refractivity contribution in [3.05, 3.63) is 48.0 Å². The van der Waals surface area contributed by atoms with Crippen LogP contribution in [0, 0.1) is 5.92 Å². The lowest BCUT2D eigenvalue weighted by Gasteiger charge is -2.12. The summed E-state index contributed by atoms with van der Waals surface area (Å²) in [6.07, 6.45) is 3.86. The molecular formula is C14H17NO4S. The summed E-state index contributed by atoms with van der Waals surface area (Å²) in [6, 6.07) is 8.96. The number of benzene rings is 1. The van der Waals surface area contributed by atoms with E-state index in [1.54, 1.807) is 6.08 Å². The van der Waals surface area contributed by atoms with Gasteiger partial charge in [0.1, 0.15) is 0 Å². The van der Waals surface area contributed by atoms with Crippen molar-refractivity contribution in [1.29, 1.82) is 0 Å². The number of nitrogens with one attached hydrogen (secondary N) is 1. The Morgan fingerprint density at radius 3 is 2.55 bits per heavy atom. The zero-order chi connectivity index (χ0) is 14.6. The molecule has 0 saturated carbocycles. The van der Waals surface area contributed by atoms with Crippen LogP contribution in [0.5, 0.6) is 0 Å². The molecule has 0 spiro atoms. The van der Waals surface area contributed by atoms with Crippen molar-refractivity contribution in [2.24, 2.45) is 5.92 Å². The van der Waals surface area contributed by atoms with Gasteiger partial charge < -0.3 is 5.11 Å². The van der Waals surface area contributed by atoms with E-state index in [1.165, 1.54) is 6.08 Å². The van der Waals surface area contributed by atoms with Crippen LogP contribution in [-0.4, -0.2) is 31.3 Å². The van der Waals surface area contributed by atoms with Crippen molar-refractivity contribution < 1.29 is 18.3 Å². The maximum absolute atomic E-state index is 11.9. The molecule has 1 aliphatic carbocycles. The zero-order valence-electron chi connectivity index (χ0n) is 10.9. The fourth-order valence-electron chi connectivity index (χ4n) is 2.16. The van der Waals surface area contributed by atoms with Crippen molar-refractivity contribution in [3.8, 4) is 0 Å². The Labute approximate surface area is 118 Å². The lowest BCUT2D eigenvalue weighted by molar-refractivity contribution is -0.140. The largest absolute Gasteiger partial charge is 0.481 e. The average molecular weight is 295 g/mol. The molecule has 20 heavy (non-hydrogen) atoms. The Morgan fingerprint density at radius 1 is 1.25 bits per heavy atom. The first-order valence-corrected chi connectivity index (χ1v) is 8.06. The predicted molar refractivity (Wildman–Crippen MR) is 75.7 cm³/mol. The summed E-state index contributed by atoms with van der Waals surface area (Å²) < 4.78 is 26.4. The minimum absolute atomic E-state index is 0.000901. The normalized spacial score (nSPS) is 22.0. The molecule has 6 heteroatoms. The van der Waals surface area contributed by atoms with E-state index in [9.17, 15) is 13.2 Å². The predicted octanol–water partition coefficient (Wildman–Crippen LogP) is 1.18. The second-order valence-electron chi connectivity index (χ2n) is 4.84. The summed E-state index contributed by atoms with van der Waals surface area (Å²) in [6.45, 7) is 0. The lowest BCUT2D eigenvalue weighted by atomic mass is 10.1. The summed E-state index contributed by atoms with van der Waals surface area (Å²) in [5.74, 6) is -1.52. The molecule has 0 saturated heterocycles. The summed E-state index contributed by atoms with van der Waals surface area (Å²) in [7, 11) is -3.41. The van der Waals surface area contributed by atoms with Gasteiger partial charge in [0.15, 0.2) is 0 Å². The third-order valence-electron chi connectivity index (χ3n) is 3.23. The van der Waals surface area contributed by atoms with Gasteiger partial charge in [-0.25, -0.2) is 13.1 Å². The molecule has 2 rings (SSSR count). The Balaban J connectivity index is 1.86. The van der Waals surface area contributed by atoms with Crippen LogP contribution in [0.4, 0.5) is 0 Å². The molecule has 0 heterocycles. The van der Waals surface area contributed by atoms with Gasteiger partial charge >= 0.3 is 5.97 Å². The van der Waals surface area contributed by atoms with Crippen molar-refractivity contribution in [2.45, 2.75) is 18.9 Å². The van der Waals surface area contributed by atoms with Crippen molar-refractivity contribution in [3.63, 3.8) is 0 Å². The van der Waals surface area contributed by atoms with Crippen LogP contribution < -0.4 is 4.72 Å². The lowest BCUT2D eigenvalue weighted by Crippen LogP contribution is -2.35. The standard InChI is InChI=1S/C14H17NO4S/c16-14(17)12-6-7-13(10-12)15-20(18,19)9-8-11-4-2-1-3-5-11/h1-7,12-13,15H,8-10H2,(H,16,17). The summed E-state index contributed by atoms with van der Waals surface area (Å²) in [5.41, 5.74) is 0.961. The quantitative estimate of drug-likeness (QED) is 0.772. The molecule has 108 valence electrons. The van der Waals surface area contributed by atoms with E-state index >= 15 is 0 Å². The third-order valence-corrected chi connectivity index (χ3v) is 4.64. The number of aryl methyl sites for hydroxylation is 1. The van der Waals surface area contributed by atoms with Gasteiger partial charge in [0.2, 0.25) is 10.0 Å². The number of sulfonamides is 1. The van der Waals surface area contributed by atoms with E-state index in [2.05, 4.69) is 4.72 Å². The highest BCUT2D eigenvalue weighted by Crippen LogP contribution is 2.18. The molecule has 2 atom stereocenters. The van der Waals surface area contributed by atoms with E-state index in [1.807, 2.05) is 30.3 Å². The first kappa shape index (κ1) is 14.7. The van der Waals surface area contributed by atoms with E-state index in [4.69, 9.17) is 5.11 Å². The molecule has 0 fully saturated rings. The van der Waals surface area contributed by atoms with E-state index in [0.717, 1.165) is 5.56 Å². The summed E-state index contributed by atoms with van der Waals surface area (Å²) in [4.78, 5) is 10.8. The molecule has 1 aromatic rings. The van der Waals surface area contributed by atoms with Crippen molar-refractivity contribution in [2.75, 3.05) is 5.75 Å². The Bertz CT molecular complexity index is 595. The topological polar surface area (TPSA) is 83.5 Å². The molecule has 1 aliphatic rings. The second kappa shape index (κ2) is 6.19. The van der Waals surface area contributed by atoms with Gasteiger partial charge in [0, 0.05) is 6.04 Å². The highest BCUT2D eigenvalue weighted by Gasteiger charge is 2.27. The SMILES string of the molecule is O=C(O)C1C=CC(NS(=O)(=O)CCc2ccccc2)C1. The maximum Gasteiger partial charge on any atom is 0.310 e. The summed E-state index contributed by atoms with van der Waals surface area (Å²) >= 11 is 0. The Morgan fingerprint density at radius 2 is 1.95 bits per heavy atom. The molecule has 0 aliphatic heterocycles. The molecular weight excluding hydrogens is 278 g/mol. The van der Waals surface area contributed by atoms with Gasteiger partial charge in [-0.3, -0.25) is 4.79 Å². The number of hydrogen-bond acceptors (Lipinski definition) is 3. The number of aliphatic carboxylic acids is 1. The molecule has 0 radical (unpaired) electrons. The molecule has 2 N–H and O–H groups in total. The number of rotatable bonds is 6. The summed E-state index contributed by atoms with van der Waals surface area (Å²) in [5, 5.41) is 8.85. The number of carboxylic acid groups (broad SMARTS) is 1. The number of hydrogen-bond donors (Lipinski definition) is 2. The Hall–Kier alpha value is -1.66. The molecule has 1 aromatic carbocycles. The van der Waals surface area contributed by atoms with E-state index in [-0.39, 0.29) is 12.2 Å². The highest BCUT2D eigenvalue weighted by molar-refractivity contribution is 7.89. The fraction of sp³-hybridized carbons (Fsp3) is 0.357. The van der Waals surface area contributed by atoms with Crippen LogP contribution in [0.25, 0.3) is 0 Å². The fourth-order valence-corrected chi connectivity index (χ4v) is 3.41. The number of carboxylic acids is 1. The van der Waals surface area contributed by atoms with Gasteiger partial charge in [-0.05, 0) is 18.4 Å². The minimum atomic E-state index is -3.41. The van der Waals surface area contributed by atoms with Gasteiger partial charge in [0.25, 0.3) is 0 Å². The third kappa shape index (κ3) is 4.18. The first-order chi connectivity index (χ1) is 9.46. The molecule has 2 unspecified atom stereocenters. The maximum atomic E-state index is 11.9. The zero-order valence-corrected chi connectivity index (χ0v) is 11.7. The van der Waals surface area contributed by atoms with Gasteiger partial charge in [-0.1, -0.05) is 42.5 Å². The van der Waals surface area contributed by atoms with Crippen LogP contribution in [0.15, 0.2) is 42.5 Å². The first-order valence-electron chi connectivity index (χ1n) is 6.41. The molecule has 0 bridgehead atoms. The van der Waals surface area contributed by atoms with Gasteiger partial charge in [0.05, 0.1) is 11.7 Å². The van der Waals surface area contributed by atoms with E-state index in [0.29, 0.717) is 6.42 Å². The van der Waals surface area contributed by atoms with Crippen molar-refractivity contribution >= 4 is 16.0 Å². The minimum Gasteiger partial charge on any atom is -0.481 e. The molecule has 0 aromatic heterocycles. The highest BCUT2D eigenvalue weighted by atomic mass is 32.2. The van der Waals surface area contributed by atoms with Crippen molar-refractivity contribution in [1.82, 2.24) is 4.72 Å². The average Bonchev–Trinajstić information content (AvgIpc) is 2.86.